The van der Waals surface area contributed by atoms with Crippen LogP contribution in [0, 0.1) is 10.1 Å². The van der Waals surface area contributed by atoms with Gasteiger partial charge in [0.05, 0.1) is 28.5 Å². The summed E-state index contributed by atoms with van der Waals surface area (Å²) < 4.78 is 35.9. The Labute approximate surface area is 231 Å². The first kappa shape index (κ1) is 27.5. The van der Waals surface area contributed by atoms with Crippen molar-refractivity contribution in [2.45, 2.75) is 11.4 Å². The summed E-state index contributed by atoms with van der Waals surface area (Å²) in [6.07, 6.45) is 1.41. The molecule has 196 valence electrons. The second kappa shape index (κ2) is 11.0. The van der Waals surface area contributed by atoms with Crippen molar-refractivity contribution in [1.82, 2.24) is 4.90 Å². The number of benzene rings is 3. The summed E-state index contributed by atoms with van der Waals surface area (Å²) in [5.41, 5.74) is 0.776. The molecule has 1 aliphatic heterocycles. The van der Waals surface area contributed by atoms with E-state index in [2.05, 4.69) is 0 Å². The molecule has 10 nitrogen and oxygen atoms in total. The molecule has 1 heterocycles. The molecule has 38 heavy (non-hydrogen) atoms. The highest BCUT2D eigenvalue weighted by atomic mass is 35.5. The van der Waals surface area contributed by atoms with Crippen LogP contribution in [0.5, 0.6) is 11.5 Å². The van der Waals surface area contributed by atoms with Crippen molar-refractivity contribution < 1.29 is 31.9 Å². The third-order valence-corrected chi connectivity index (χ3v) is 7.88. The first-order valence-corrected chi connectivity index (χ1v) is 13.5. The van der Waals surface area contributed by atoms with E-state index in [4.69, 9.17) is 32.1 Å². The van der Waals surface area contributed by atoms with E-state index in [0.717, 1.165) is 4.90 Å². The fourth-order valence-corrected chi connectivity index (χ4v) is 5.58. The Kier molecular flexibility index (Phi) is 7.97. The number of amides is 2. The molecule has 1 aliphatic rings. The maximum atomic E-state index is 12.9. The van der Waals surface area contributed by atoms with Gasteiger partial charge in [-0.2, -0.15) is 8.42 Å². The highest BCUT2D eigenvalue weighted by Crippen LogP contribution is 2.40. The Bertz CT molecular complexity index is 1570. The first-order valence-electron chi connectivity index (χ1n) is 10.5. The lowest BCUT2D eigenvalue weighted by Gasteiger charge is -2.13. The molecule has 0 saturated carbocycles. The van der Waals surface area contributed by atoms with Crippen LogP contribution in [0.15, 0.2) is 70.5 Å². The van der Waals surface area contributed by atoms with Gasteiger partial charge in [-0.15, -0.1) is 0 Å². The lowest BCUT2D eigenvalue weighted by molar-refractivity contribution is -0.384. The zero-order valence-corrected chi connectivity index (χ0v) is 22.4. The predicted molar refractivity (Wildman–Crippen MR) is 142 cm³/mol. The molecular weight excluding hydrogens is 579 g/mol. The molecule has 4 rings (SSSR count). The Morgan fingerprint density at radius 1 is 1.05 bits per heavy atom. The monoisotopic (exact) mass is 594 g/mol. The van der Waals surface area contributed by atoms with E-state index < -0.39 is 26.2 Å². The maximum Gasteiger partial charge on any atom is 0.339 e. The summed E-state index contributed by atoms with van der Waals surface area (Å²) in [5.74, 6) is -0.849. The van der Waals surface area contributed by atoms with Crippen LogP contribution in [0.1, 0.15) is 11.1 Å². The highest BCUT2D eigenvalue weighted by molar-refractivity contribution is 8.18. The molecule has 0 aromatic heterocycles. The summed E-state index contributed by atoms with van der Waals surface area (Å²) in [6, 6.07) is 13.6. The van der Waals surface area contributed by atoms with E-state index in [1.54, 1.807) is 0 Å². The summed E-state index contributed by atoms with van der Waals surface area (Å²) in [6.45, 7) is -0.0700. The minimum Gasteiger partial charge on any atom is -0.493 e. The topological polar surface area (TPSA) is 133 Å². The number of ether oxygens (including phenoxy) is 1. The quantitative estimate of drug-likeness (QED) is 0.135. The number of carbonyl (C=O) groups excluding carboxylic acids is 2. The minimum atomic E-state index is -4.27. The molecule has 2 amide bonds. The van der Waals surface area contributed by atoms with Crippen LogP contribution in [-0.4, -0.2) is 36.5 Å². The second-order valence-corrected chi connectivity index (χ2v) is 11.1. The van der Waals surface area contributed by atoms with Gasteiger partial charge in [0.1, 0.15) is 4.90 Å². The number of methoxy groups -OCH3 is 1. The van der Waals surface area contributed by atoms with Crippen molar-refractivity contribution in [1.29, 1.82) is 0 Å². The van der Waals surface area contributed by atoms with Gasteiger partial charge in [0.25, 0.3) is 16.8 Å². The molecule has 0 spiro atoms. The van der Waals surface area contributed by atoms with Gasteiger partial charge in [0.2, 0.25) is 5.75 Å². The summed E-state index contributed by atoms with van der Waals surface area (Å²) >= 11 is 12.8. The summed E-state index contributed by atoms with van der Waals surface area (Å²) in [5, 5.41) is 10.5. The smallest absolute Gasteiger partial charge is 0.339 e. The highest BCUT2D eigenvalue weighted by Gasteiger charge is 2.35. The molecule has 3 aromatic rings. The normalized spacial score (nSPS) is 14.7. The SMILES string of the molecule is COc1cc(/C=C2\SC(=O)N(Cc3ccc([N+](=O)[O-])cc3)C2=O)cc(Cl)c1OS(=O)(=O)c1ccc(Cl)cc1. The average Bonchev–Trinajstić information content (AvgIpc) is 3.13. The zero-order valence-electron chi connectivity index (χ0n) is 19.3. The van der Waals surface area contributed by atoms with Crippen molar-refractivity contribution in [2.75, 3.05) is 7.11 Å². The van der Waals surface area contributed by atoms with Gasteiger partial charge >= 0.3 is 10.1 Å². The fourth-order valence-electron chi connectivity index (χ4n) is 3.36. The molecule has 1 fully saturated rings. The summed E-state index contributed by atoms with van der Waals surface area (Å²) in [4.78, 5) is 36.6. The Morgan fingerprint density at radius 2 is 1.71 bits per heavy atom. The van der Waals surface area contributed by atoms with Crippen molar-refractivity contribution >= 4 is 68.0 Å². The van der Waals surface area contributed by atoms with Crippen LogP contribution in [0.25, 0.3) is 6.08 Å². The van der Waals surface area contributed by atoms with Gasteiger partial charge in [-0.05, 0) is 65.4 Å². The number of nitro benzene ring substituents is 1. The second-order valence-electron chi connectivity index (χ2n) is 7.72. The number of thioether (sulfide) groups is 1. The lowest BCUT2D eigenvalue weighted by atomic mass is 10.1. The Balaban J connectivity index is 1.57. The molecule has 0 unspecified atom stereocenters. The van der Waals surface area contributed by atoms with Gasteiger partial charge < -0.3 is 8.92 Å². The number of carbonyl (C=O) groups is 2. The van der Waals surface area contributed by atoms with Crippen molar-refractivity contribution in [3.8, 4) is 11.5 Å². The molecule has 14 heteroatoms. The Hall–Kier alpha value is -3.58. The molecule has 0 radical (unpaired) electrons. The van der Waals surface area contributed by atoms with Crippen LogP contribution >= 0.6 is 35.0 Å². The van der Waals surface area contributed by atoms with E-state index in [-0.39, 0.29) is 38.6 Å². The zero-order chi connectivity index (χ0) is 27.6. The van der Waals surface area contributed by atoms with Gasteiger partial charge in [-0.25, -0.2) is 0 Å². The number of rotatable bonds is 8. The van der Waals surface area contributed by atoms with E-state index in [1.165, 1.54) is 73.8 Å². The van der Waals surface area contributed by atoms with Crippen LogP contribution < -0.4 is 8.92 Å². The van der Waals surface area contributed by atoms with Crippen LogP contribution in [0.4, 0.5) is 10.5 Å². The van der Waals surface area contributed by atoms with Crippen molar-refractivity contribution in [3.63, 3.8) is 0 Å². The summed E-state index contributed by atoms with van der Waals surface area (Å²) in [7, 11) is -2.98. The number of nitrogens with zero attached hydrogens (tertiary/aromatic N) is 2. The standard InChI is InChI=1S/C24H16Cl2N2O8S2/c1-35-20-11-15(10-19(26)22(20)36-38(33,34)18-8-4-16(25)5-9-18)12-21-23(29)27(24(30)37-21)13-14-2-6-17(7-3-14)28(31)32/h2-12H,13H2,1H3/b21-12-. The number of hydrogen-bond acceptors (Lipinski definition) is 9. The molecule has 3 aromatic carbocycles. The third-order valence-electron chi connectivity index (χ3n) is 5.21. The van der Waals surface area contributed by atoms with Gasteiger partial charge in [-0.3, -0.25) is 24.6 Å². The van der Waals surface area contributed by atoms with Crippen molar-refractivity contribution in [2.24, 2.45) is 0 Å². The minimum absolute atomic E-state index is 0.0219. The van der Waals surface area contributed by atoms with Crippen LogP contribution in [0.3, 0.4) is 0 Å². The van der Waals surface area contributed by atoms with Crippen LogP contribution in [-0.2, 0) is 21.5 Å². The number of non-ortho nitro benzene ring substituents is 1. The molecular formula is C24H16Cl2N2O8S2. The lowest BCUT2D eigenvalue weighted by Crippen LogP contribution is -2.27. The molecule has 0 bridgehead atoms. The van der Waals surface area contributed by atoms with E-state index in [9.17, 15) is 28.1 Å². The first-order chi connectivity index (χ1) is 18.0. The maximum absolute atomic E-state index is 12.9. The molecule has 0 aliphatic carbocycles. The van der Waals surface area contributed by atoms with Gasteiger partial charge in [0, 0.05) is 17.2 Å². The largest absolute Gasteiger partial charge is 0.493 e. The molecule has 0 atom stereocenters. The van der Waals surface area contributed by atoms with Crippen LogP contribution in [0.2, 0.25) is 10.0 Å². The van der Waals surface area contributed by atoms with E-state index in [0.29, 0.717) is 27.9 Å². The number of hydrogen-bond donors (Lipinski definition) is 0. The third kappa shape index (κ3) is 5.94. The molecule has 1 saturated heterocycles. The van der Waals surface area contributed by atoms with E-state index in [1.807, 2.05) is 0 Å². The fraction of sp³-hybridized carbons (Fsp3) is 0.0833. The average molecular weight is 595 g/mol. The predicted octanol–water partition coefficient (Wildman–Crippen LogP) is 5.91. The number of halogens is 2. The Morgan fingerprint density at radius 3 is 2.32 bits per heavy atom. The van der Waals surface area contributed by atoms with Crippen molar-refractivity contribution in [3.05, 3.63) is 96.9 Å². The number of nitro groups is 1. The van der Waals surface area contributed by atoms with Gasteiger partial charge in [0.15, 0.2) is 5.75 Å². The van der Waals surface area contributed by atoms with E-state index >= 15 is 0 Å². The number of imide groups is 1. The molecule has 0 N–H and O–H groups in total. The van der Waals surface area contributed by atoms with Gasteiger partial charge in [-0.1, -0.05) is 35.3 Å².